The fourth-order valence-electron chi connectivity index (χ4n) is 3.63. The number of hydrogen-bond donors (Lipinski definition) is 2. The predicted molar refractivity (Wildman–Crippen MR) is 102 cm³/mol. The average Bonchev–Trinajstić information content (AvgIpc) is 3.45. The fraction of sp³-hybridized carbons (Fsp3) is 0.579. The lowest BCUT2D eigenvalue weighted by molar-refractivity contribution is -0.0891. The topological polar surface area (TPSA) is 106 Å². The number of ether oxygens (including phenoxy) is 1. The van der Waals surface area contributed by atoms with Gasteiger partial charge in [-0.1, -0.05) is 5.21 Å². The zero-order chi connectivity index (χ0) is 20.4. The smallest absolute Gasteiger partial charge is 0.240 e. The zero-order valence-electron chi connectivity index (χ0n) is 15.9. The summed E-state index contributed by atoms with van der Waals surface area (Å²) in [4.78, 5) is -0.0182. The molecule has 1 aromatic carbocycles. The normalized spacial score (nSPS) is 25.2. The number of aryl methyl sites for hydroxylation is 1. The number of hydrogen-bond acceptors (Lipinski definition) is 6. The van der Waals surface area contributed by atoms with Crippen LogP contribution in [0.3, 0.4) is 0 Å². The van der Waals surface area contributed by atoms with Crippen LogP contribution in [-0.2, 0) is 21.3 Å². The van der Waals surface area contributed by atoms with E-state index in [1.54, 1.807) is 0 Å². The van der Waals surface area contributed by atoms with Crippen LogP contribution >= 0.6 is 0 Å². The molecule has 10 heteroatoms. The summed E-state index contributed by atoms with van der Waals surface area (Å²) in [6.07, 6.45) is 5.52. The van der Waals surface area contributed by atoms with Gasteiger partial charge in [-0.15, -0.1) is 5.10 Å². The first-order valence-electron chi connectivity index (χ1n) is 9.89. The molecule has 2 fully saturated rings. The molecule has 0 bridgehead atoms. The van der Waals surface area contributed by atoms with E-state index in [2.05, 4.69) is 15.0 Å². The van der Waals surface area contributed by atoms with Crippen molar-refractivity contribution in [2.75, 3.05) is 6.61 Å². The first-order valence-corrected chi connectivity index (χ1v) is 11.4. The molecule has 2 aliphatic rings. The highest BCUT2D eigenvalue weighted by molar-refractivity contribution is 7.89. The molecule has 2 heterocycles. The van der Waals surface area contributed by atoms with Gasteiger partial charge in [0.05, 0.1) is 35.4 Å². The molecule has 158 valence electrons. The molecule has 3 atom stereocenters. The van der Waals surface area contributed by atoms with E-state index in [9.17, 15) is 17.9 Å². The third kappa shape index (κ3) is 5.00. The molecular weight excluding hydrogens is 399 g/mol. The maximum atomic E-state index is 13.1. The zero-order valence-corrected chi connectivity index (χ0v) is 16.8. The van der Waals surface area contributed by atoms with E-state index in [0.717, 1.165) is 17.8 Å². The Morgan fingerprint density at radius 3 is 2.66 bits per heavy atom. The molecule has 0 unspecified atom stereocenters. The van der Waals surface area contributed by atoms with Crippen LogP contribution < -0.4 is 4.72 Å². The highest BCUT2D eigenvalue weighted by Gasteiger charge is 2.34. The van der Waals surface area contributed by atoms with Crippen molar-refractivity contribution in [1.82, 2.24) is 19.7 Å². The molecule has 2 aromatic rings. The van der Waals surface area contributed by atoms with Crippen molar-refractivity contribution in [2.24, 2.45) is 0 Å². The Hall–Kier alpha value is -1.88. The number of nitrogens with zero attached hydrogens (tertiary/aromatic N) is 3. The molecule has 4 rings (SSSR count). The van der Waals surface area contributed by atoms with E-state index in [4.69, 9.17) is 4.74 Å². The molecule has 0 amide bonds. The van der Waals surface area contributed by atoms with Crippen LogP contribution in [0, 0.1) is 5.82 Å². The summed E-state index contributed by atoms with van der Waals surface area (Å²) in [5, 5.41) is 18.0. The molecule has 1 aliphatic carbocycles. The number of aliphatic hydroxyl groups is 1. The van der Waals surface area contributed by atoms with Crippen LogP contribution in [0.25, 0.3) is 0 Å². The average molecular weight is 424 g/mol. The van der Waals surface area contributed by atoms with Gasteiger partial charge in [0.2, 0.25) is 10.0 Å². The summed E-state index contributed by atoms with van der Waals surface area (Å²) < 4.78 is 48.5. The monoisotopic (exact) mass is 424 g/mol. The van der Waals surface area contributed by atoms with Crippen molar-refractivity contribution in [2.45, 2.75) is 67.7 Å². The van der Waals surface area contributed by atoms with Gasteiger partial charge in [-0.05, 0) is 56.4 Å². The van der Waals surface area contributed by atoms with Crippen LogP contribution in [0.15, 0.2) is 35.4 Å². The highest BCUT2D eigenvalue weighted by Crippen LogP contribution is 2.38. The van der Waals surface area contributed by atoms with Crippen LogP contribution in [0.1, 0.15) is 43.7 Å². The maximum absolute atomic E-state index is 13.1. The molecule has 1 saturated carbocycles. The first kappa shape index (κ1) is 20.4. The van der Waals surface area contributed by atoms with Crippen molar-refractivity contribution in [3.8, 4) is 0 Å². The minimum atomic E-state index is -3.82. The standard InChI is InChI=1S/C19H25FN4O4S/c20-14-3-6-16(7-4-14)29(26,27)22-17-8-5-15(28-19(17)12-25)9-10-24-11-18(21-23-24)13-1-2-13/h3-4,6-7,11,13,15,17,19,22,25H,1-2,5,8-10,12H2/t15-,17-,19-/m0/s1. The Labute approximate surface area is 169 Å². The summed E-state index contributed by atoms with van der Waals surface area (Å²) in [6.45, 7) is 0.372. The van der Waals surface area contributed by atoms with Gasteiger partial charge >= 0.3 is 0 Å². The Bertz CT molecular complexity index is 930. The minimum Gasteiger partial charge on any atom is -0.394 e. The summed E-state index contributed by atoms with van der Waals surface area (Å²) >= 11 is 0. The second-order valence-electron chi connectivity index (χ2n) is 7.71. The Morgan fingerprint density at radius 2 is 1.97 bits per heavy atom. The Morgan fingerprint density at radius 1 is 1.21 bits per heavy atom. The van der Waals surface area contributed by atoms with E-state index < -0.39 is 28.0 Å². The summed E-state index contributed by atoms with van der Waals surface area (Å²) in [6, 6.07) is 4.09. The molecular formula is C19H25FN4O4S. The van der Waals surface area contributed by atoms with Crippen LogP contribution in [0.4, 0.5) is 4.39 Å². The van der Waals surface area contributed by atoms with Gasteiger partial charge < -0.3 is 9.84 Å². The number of halogens is 1. The summed E-state index contributed by atoms with van der Waals surface area (Å²) in [5.74, 6) is 0.0565. The van der Waals surface area contributed by atoms with Gasteiger partial charge in [0.1, 0.15) is 5.82 Å². The lowest BCUT2D eigenvalue weighted by atomic mass is 9.98. The third-order valence-electron chi connectivity index (χ3n) is 5.46. The Kier molecular flexibility index (Phi) is 5.95. The van der Waals surface area contributed by atoms with Gasteiger partial charge in [0.15, 0.2) is 0 Å². The van der Waals surface area contributed by atoms with Crippen molar-refractivity contribution < 1.29 is 22.7 Å². The highest BCUT2D eigenvalue weighted by atomic mass is 32.2. The number of aliphatic hydroxyl groups excluding tert-OH is 1. The Balaban J connectivity index is 1.32. The molecule has 2 N–H and O–H groups in total. The van der Waals surface area contributed by atoms with E-state index in [-0.39, 0.29) is 17.6 Å². The number of nitrogens with one attached hydrogen (secondary N) is 1. The molecule has 1 aliphatic heterocycles. The minimum absolute atomic E-state index is 0.0182. The SMILES string of the molecule is O=S(=O)(N[C@H]1CC[C@@H](CCn2cc(C3CC3)nn2)O[C@H]1CO)c1ccc(F)cc1. The van der Waals surface area contributed by atoms with Crippen molar-refractivity contribution in [3.05, 3.63) is 42.0 Å². The van der Waals surface area contributed by atoms with Gasteiger partial charge in [0, 0.05) is 18.7 Å². The van der Waals surface area contributed by atoms with E-state index in [0.29, 0.717) is 31.7 Å². The maximum Gasteiger partial charge on any atom is 0.240 e. The number of rotatable bonds is 8. The molecule has 0 spiro atoms. The van der Waals surface area contributed by atoms with Crippen molar-refractivity contribution in [1.29, 1.82) is 0 Å². The second-order valence-corrected chi connectivity index (χ2v) is 9.42. The number of benzene rings is 1. The fourth-order valence-corrected chi connectivity index (χ4v) is 4.92. The van der Waals surface area contributed by atoms with Crippen LogP contribution in [0.5, 0.6) is 0 Å². The van der Waals surface area contributed by atoms with Crippen molar-refractivity contribution >= 4 is 10.0 Å². The van der Waals surface area contributed by atoms with Crippen molar-refractivity contribution in [3.63, 3.8) is 0 Å². The quantitative estimate of drug-likeness (QED) is 0.666. The van der Waals surface area contributed by atoms with Crippen LogP contribution in [0.2, 0.25) is 0 Å². The third-order valence-corrected chi connectivity index (χ3v) is 6.96. The number of aromatic nitrogens is 3. The largest absolute Gasteiger partial charge is 0.394 e. The second kappa shape index (κ2) is 8.47. The van der Waals surface area contributed by atoms with E-state index in [1.165, 1.54) is 25.0 Å². The van der Waals surface area contributed by atoms with E-state index in [1.807, 2.05) is 10.9 Å². The molecule has 1 aromatic heterocycles. The first-order chi connectivity index (χ1) is 13.9. The van der Waals surface area contributed by atoms with Gasteiger partial charge in [-0.2, -0.15) is 0 Å². The van der Waals surface area contributed by atoms with Crippen LogP contribution in [-0.4, -0.2) is 53.4 Å². The predicted octanol–water partition coefficient (Wildman–Crippen LogP) is 1.57. The molecule has 1 saturated heterocycles. The number of sulfonamides is 1. The summed E-state index contributed by atoms with van der Waals surface area (Å²) in [7, 11) is -3.82. The van der Waals surface area contributed by atoms with Gasteiger partial charge in [-0.25, -0.2) is 17.5 Å². The molecule has 0 radical (unpaired) electrons. The lowest BCUT2D eigenvalue weighted by Crippen LogP contribution is -2.50. The summed E-state index contributed by atoms with van der Waals surface area (Å²) in [5.41, 5.74) is 1.04. The van der Waals surface area contributed by atoms with Gasteiger partial charge in [0.25, 0.3) is 0 Å². The molecule has 29 heavy (non-hydrogen) atoms. The van der Waals surface area contributed by atoms with E-state index >= 15 is 0 Å². The molecule has 8 nitrogen and oxygen atoms in total. The van der Waals surface area contributed by atoms with Gasteiger partial charge in [-0.3, -0.25) is 4.68 Å². The lowest BCUT2D eigenvalue weighted by Gasteiger charge is -2.36.